The number of ether oxygens (including phenoxy) is 5. The molecular weight excluding hydrogens is 819 g/mol. The van der Waals surface area contributed by atoms with Crippen LogP contribution in [0.15, 0.2) is 48.7 Å². The molecule has 1 N–H and O–H groups in total. The van der Waals surface area contributed by atoms with E-state index in [0.717, 1.165) is 11.8 Å². The molecule has 230 valence electrons. The number of nitrogens with zero attached hydrogens (tertiary/aromatic N) is 3. The monoisotopic (exact) mass is 847 g/mol. The van der Waals surface area contributed by atoms with Crippen LogP contribution < -0.4 is 19.5 Å². The van der Waals surface area contributed by atoms with E-state index in [1.807, 2.05) is 0 Å². The second-order valence-corrected chi connectivity index (χ2v) is 11.1. The van der Waals surface area contributed by atoms with Crippen LogP contribution in [0, 0.1) is 31.1 Å². The maximum Gasteiger partial charge on any atom is 0.423 e. The molecule has 1 aliphatic heterocycles. The molecule has 0 saturated carbocycles. The maximum atomic E-state index is 13.9. The van der Waals surface area contributed by atoms with E-state index in [4.69, 9.17) is 23.7 Å². The Morgan fingerprint density at radius 3 is 2.35 bits per heavy atom. The van der Waals surface area contributed by atoms with Crippen molar-refractivity contribution in [3.05, 3.63) is 70.1 Å². The van der Waals surface area contributed by atoms with E-state index in [-0.39, 0.29) is 56.7 Å². The first-order chi connectivity index (χ1) is 20.1. The molecule has 0 saturated heterocycles. The number of nitrogens with one attached hydrogen (secondary N) is 1. The molecule has 2 heterocycles. The van der Waals surface area contributed by atoms with Crippen LogP contribution in [0.5, 0.6) is 17.4 Å². The number of alkyl halides is 3. The van der Waals surface area contributed by atoms with E-state index in [1.54, 1.807) is 42.5 Å². The van der Waals surface area contributed by atoms with Crippen molar-refractivity contribution in [2.45, 2.75) is 24.7 Å². The molecule has 5 rings (SSSR count). The number of rotatable bonds is 6. The number of halogens is 3. The molecule has 1 aliphatic carbocycles. The van der Waals surface area contributed by atoms with Crippen molar-refractivity contribution in [1.29, 1.82) is 0 Å². The molecule has 11 nitrogen and oxygen atoms in total. The van der Waals surface area contributed by atoms with Gasteiger partial charge in [-0.1, -0.05) is 35.9 Å². The third kappa shape index (κ3) is 8.96. The summed E-state index contributed by atoms with van der Waals surface area (Å²) in [5.74, 6) is -0.115. The van der Waals surface area contributed by atoms with Gasteiger partial charge in [0.1, 0.15) is 18.8 Å². The van der Waals surface area contributed by atoms with E-state index < -0.39 is 39.8 Å². The molecule has 1 aromatic heterocycles. The molecular formula is C27H28F3N4O7SU-. The summed E-state index contributed by atoms with van der Waals surface area (Å²) < 4.78 is 97.9. The van der Waals surface area contributed by atoms with Crippen molar-refractivity contribution >= 4 is 21.7 Å². The third-order valence-corrected chi connectivity index (χ3v) is 6.93. The van der Waals surface area contributed by atoms with E-state index >= 15 is 0 Å². The first-order valence-electron chi connectivity index (χ1n) is 13.0. The van der Waals surface area contributed by atoms with Crippen LogP contribution in [0.25, 0.3) is 4.72 Å². The number of sulfonamides is 1. The van der Waals surface area contributed by atoms with Gasteiger partial charge in [0.05, 0.1) is 42.6 Å². The topological polar surface area (TPSA) is 132 Å². The van der Waals surface area contributed by atoms with E-state index in [0.29, 0.717) is 55.4 Å². The molecule has 0 unspecified atom stereocenters. The smallest absolute Gasteiger partial charge is 0.423 e. The van der Waals surface area contributed by atoms with E-state index in [1.165, 1.54) is 0 Å². The van der Waals surface area contributed by atoms with Crippen molar-refractivity contribution in [1.82, 2.24) is 9.97 Å². The predicted molar refractivity (Wildman–Crippen MR) is 145 cm³/mol. The van der Waals surface area contributed by atoms with E-state index in [2.05, 4.69) is 20.0 Å². The second kappa shape index (κ2) is 14.4. The average molecular weight is 848 g/mol. The average Bonchev–Trinajstić information content (AvgIpc) is 3.24. The molecule has 0 fully saturated rings. The Hall–Kier alpha value is -2.61. The van der Waals surface area contributed by atoms with Gasteiger partial charge in [0, 0.05) is 61.7 Å². The number of fused-ring (bicyclic) bond motifs is 2. The number of benzene rings is 2. The van der Waals surface area contributed by atoms with Crippen molar-refractivity contribution < 1.29 is 76.4 Å². The Morgan fingerprint density at radius 2 is 1.65 bits per heavy atom. The van der Waals surface area contributed by atoms with Crippen molar-refractivity contribution in [2.75, 3.05) is 51.2 Å². The fourth-order valence-corrected chi connectivity index (χ4v) is 5.18. The zero-order valence-corrected chi connectivity index (χ0v) is 27.9. The Kier molecular flexibility index (Phi) is 11.2. The molecule has 0 bridgehead atoms. The maximum absolute atomic E-state index is 13.9. The number of aromatic nitrogens is 2. The number of anilines is 2. The van der Waals surface area contributed by atoms with Gasteiger partial charge >= 0.3 is 6.18 Å². The summed E-state index contributed by atoms with van der Waals surface area (Å²) in [7, 11) is -3.84. The van der Waals surface area contributed by atoms with E-state index in [9.17, 15) is 21.6 Å². The van der Waals surface area contributed by atoms with Gasteiger partial charge < -0.3 is 33.7 Å². The van der Waals surface area contributed by atoms with Crippen LogP contribution in [-0.4, -0.2) is 70.4 Å². The minimum absolute atomic E-state index is 0. The summed E-state index contributed by atoms with van der Waals surface area (Å²) in [5, 5.41) is 2.87. The summed E-state index contributed by atoms with van der Waals surface area (Å²) in [6, 6.07) is 10.7. The summed E-state index contributed by atoms with van der Waals surface area (Å²) in [4.78, 5) is 7.86. The van der Waals surface area contributed by atoms with Gasteiger partial charge in [0.2, 0.25) is 11.8 Å². The van der Waals surface area contributed by atoms with Crippen LogP contribution in [0.3, 0.4) is 0 Å². The summed E-state index contributed by atoms with van der Waals surface area (Å²) in [6.07, 6.45) is -4.21. The Bertz CT molecular complexity index is 1510. The number of hydrogen-bond donors (Lipinski definition) is 1. The summed E-state index contributed by atoms with van der Waals surface area (Å²) in [6.45, 7) is 2.06. The Balaban J connectivity index is 0.00000423. The molecule has 0 radical (unpaired) electrons. The first kappa shape index (κ1) is 33.3. The van der Waals surface area contributed by atoms with Gasteiger partial charge in [-0.2, -0.15) is 18.2 Å². The second-order valence-electron chi connectivity index (χ2n) is 9.46. The normalized spacial score (nSPS) is 19.3. The van der Waals surface area contributed by atoms with Crippen LogP contribution in [-0.2, 0) is 32.1 Å². The molecule has 0 spiro atoms. The minimum Gasteiger partial charge on any atom is -0.540 e. The fraction of sp³-hybridized carbons (Fsp3) is 0.407. The molecule has 0 amide bonds. The van der Waals surface area contributed by atoms with Gasteiger partial charge in [-0.05, 0) is 17.7 Å². The van der Waals surface area contributed by atoms with Gasteiger partial charge in [0.25, 0.3) is 0 Å². The van der Waals surface area contributed by atoms with Crippen molar-refractivity contribution in [2.24, 2.45) is 0 Å². The summed E-state index contributed by atoms with van der Waals surface area (Å²) >= 11 is 0. The van der Waals surface area contributed by atoms with Crippen LogP contribution in [0.4, 0.5) is 24.8 Å². The Morgan fingerprint density at radius 1 is 0.977 bits per heavy atom. The van der Waals surface area contributed by atoms with Gasteiger partial charge in [-0.15, -0.1) is 0 Å². The standard InChI is InChI=1S/C27H28F3N4O7S.U/c1-42(35,36)34-24-19-5-3-2-4-17(19)14-23(24)41-25-20(27(28,29)30)16-31-26(33-25)32-18-6-7-21-22(15-18)40-13-11-38-9-8-37-10-12-39-21;/h2-7,15-16,23-24H,8-14H2,1H3,(H,31,32,33);/q-1;/t23-,24-;/m1./s1. The van der Waals surface area contributed by atoms with Crippen molar-refractivity contribution in [3.63, 3.8) is 0 Å². The largest absolute Gasteiger partial charge is 0.540 e. The molecule has 2 aliphatic rings. The van der Waals surface area contributed by atoms with Gasteiger partial charge in [-0.3, -0.25) is 0 Å². The first-order valence-corrected chi connectivity index (χ1v) is 14.8. The minimum atomic E-state index is -4.84. The molecule has 43 heavy (non-hydrogen) atoms. The molecule has 16 heteroatoms. The van der Waals surface area contributed by atoms with Crippen molar-refractivity contribution in [3.8, 4) is 17.4 Å². The Labute approximate surface area is 270 Å². The van der Waals surface area contributed by atoms with Crippen LogP contribution in [0.2, 0.25) is 0 Å². The SMILES string of the molecule is CS(=O)(=O)[N-][C@@H]1c2ccccc2C[C@H]1Oc1nc(Nc2ccc3c(c2)OCCOCCOCCO3)ncc1C(F)(F)F.[U]. The van der Waals surface area contributed by atoms with Crippen LogP contribution in [0.1, 0.15) is 22.7 Å². The molecule has 2 atom stereocenters. The molecule has 3 aromatic rings. The number of hydrogen-bond acceptors (Lipinski definition) is 10. The molecule has 2 aromatic carbocycles. The van der Waals surface area contributed by atoms with Gasteiger partial charge in [-0.25, -0.2) is 13.4 Å². The summed E-state index contributed by atoms with van der Waals surface area (Å²) in [5.41, 5.74) is 0.481. The third-order valence-electron chi connectivity index (χ3n) is 6.32. The fourth-order valence-electron chi connectivity index (χ4n) is 4.52. The van der Waals surface area contributed by atoms with Crippen LogP contribution >= 0.6 is 0 Å². The zero-order valence-electron chi connectivity index (χ0n) is 23.0. The quantitative estimate of drug-likeness (QED) is 0.381. The van der Waals surface area contributed by atoms with Gasteiger partial charge in [0.15, 0.2) is 11.5 Å². The zero-order chi connectivity index (χ0) is 29.7. The predicted octanol–water partition coefficient (Wildman–Crippen LogP) is 4.42.